The molecular formula is C30H26ClF3N2O4S. The minimum absolute atomic E-state index is 0.144. The molecule has 0 spiro atoms. The second kappa shape index (κ2) is 13.1. The van der Waals surface area contributed by atoms with E-state index in [0.717, 1.165) is 28.6 Å². The molecular weight excluding hydrogens is 577 g/mol. The van der Waals surface area contributed by atoms with Crippen molar-refractivity contribution >= 4 is 33.2 Å². The van der Waals surface area contributed by atoms with Crippen LogP contribution in [0.15, 0.2) is 95.9 Å². The zero-order valence-corrected chi connectivity index (χ0v) is 23.4. The Bertz CT molecular complexity index is 1640. The van der Waals surface area contributed by atoms with Crippen LogP contribution in [0.1, 0.15) is 35.3 Å². The predicted molar refractivity (Wildman–Crippen MR) is 151 cm³/mol. The number of hydrogen-bond acceptors (Lipinski definition) is 4. The summed E-state index contributed by atoms with van der Waals surface area (Å²) < 4.78 is 77.0. The molecule has 0 saturated carbocycles. The fourth-order valence-electron chi connectivity index (χ4n) is 4.19. The average Bonchev–Trinajstić information content (AvgIpc) is 2.95. The maximum atomic E-state index is 15.0. The summed E-state index contributed by atoms with van der Waals surface area (Å²) in [5, 5.41) is 2.99. The highest BCUT2D eigenvalue weighted by Gasteiger charge is 2.34. The van der Waals surface area contributed by atoms with Crippen molar-refractivity contribution in [3.63, 3.8) is 0 Å². The molecule has 11 heteroatoms. The summed E-state index contributed by atoms with van der Waals surface area (Å²) in [6.45, 7) is 1.92. The Balaban J connectivity index is 1.56. The summed E-state index contributed by atoms with van der Waals surface area (Å²) in [5.41, 5.74) is 0.122. The first kappa shape index (κ1) is 30.0. The molecule has 0 heterocycles. The number of para-hydroxylation sites is 1. The minimum atomic E-state index is -4.40. The lowest BCUT2D eigenvalue weighted by Crippen LogP contribution is -2.34. The lowest BCUT2D eigenvalue weighted by atomic mass is 10.1. The van der Waals surface area contributed by atoms with Crippen LogP contribution in [-0.4, -0.2) is 27.5 Å². The third-order valence-electron chi connectivity index (χ3n) is 6.19. The molecule has 41 heavy (non-hydrogen) atoms. The maximum Gasteiger partial charge on any atom is 0.264 e. The van der Waals surface area contributed by atoms with Gasteiger partial charge in [-0.05, 0) is 74.0 Å². The van der Waals surface area contributed by atoms with Crippen LogP contribution >= 0.6 is 11.6 Å². The van der Waals surface area contributed by atoms with Gasteiger partial charge in [-0.15, -0.1) is 0 Å². The smallest absolute Gasteiger partial charge is 0.264 e. The molecule has 0 radical (unpaired) electrons. The number of amides is 1. The molecule has 0 aliphatic rings. The normalized spacial score (nSPS) is 12.0. The van der Waals surface area contributed by atoms with Gasteiger partial charge in [0.15, 0.2) is 0 Å². The van der Waals surface area contributed by atoms with Gasteiger partial charge in [0.2, 0.25) is 0 Å². The van der Waals surface area contributed by atoms with Crippen LogP contribution in [0.25, 0.3) is 0 Å². The molecule has 1 unspecified atom stereocenters. The number of sulfonamides is 1. The lowest BCUT2D eigenvalue weighted by Gasteiger charge is -2.32. The summed E-state index contributed by atoms with van der Waals surface area (Å²) in [4.78, 5) is 12.1. The summed E-state index contributed by atoms with van der Waals surface area (Å²) in [5.74, 6) is -2.36. The Morgan fingerprint density at radius 3 is 2.37 bits per heavy atom. The third kappa shape index (κ3) is 7.20. The summed E-state index contributed by atoms with van der Waals surface area (Å²) in [6.07, 6.45) is 0.384. The molecule has 0 bridgehead atoms. The fourth-order valence-corrected chi connectivity index (χ4v) is 5.95. The van der Waals surface area contributed by atoms with Gasteiger partial charge in [0.05, 0.1) is 23.2 Å². The number of ether oxygens (including phenoxy) is 1. The fraction of sp³-hybridized carbons (Fsp3) is 0.167. The first-order valence-corrected chi connectivity index (χ1v) is 14.4. The average molecular weight is 603 g/mol. The highest BCUT2D eigenvalue weighted by Crippen LogP contribution is 2.38. The third-order valence-corrected chi connectivity index (χ3v) is 8.34. The van der Waals surface area contributed by atoms with Gasteiger partial charge < -0.3 is 10.1 Å². The second-order valence-corrected chi connectivity index (χ2v) is 11.3. The monoisotopic (exact) mass is 602 g/mol. The van der Waals surface area contributed by atoms with Gasteiger partial charge >= 0.3 is 0 Å². The quantitative estimate of drug-likeness (QED) is 0.189. The van der Waals surface area contributed by atoms with Gasteiger partial charge in [-0.2, -0.15) is 0 Å². The predicted octanol–water partition coefficient (Wildman–Crippen LogP) is 6.91. The molecule has 0 aliphatic heterocycles. The Morgan fingerprint density at radius 2 is 1.63 bits per heavy atom. The number of halogens is 4. The van der Waals surface area contributed by atoms with Crippen molar-refractivity contribution in [2.75, 3.05) is 17.5 Å². The van der Waals surface area contributed by atoms with Crippen LogP contribution in [0.2, 0.25) is 5.02 Å². The molecule has 4 aromatic rings. The van der Waals surface area contributed by atoms with Gasteiger partial charge in [0.25, 0.3) is 15.9 Å². The van der Waals surface area contributed by atoms with Crippen molar-refractivity contribution in [1.29, 1.82) is 0 Å². The molecule has 4 rings (SSSR count). The first-order valence-electron chi connectivity index (χ1n) is 12.6. The van der Waals surface area contributed by atoms with E-state index in [4.69, 9.17) is 16.3 Å². The number of nitrogens with one attached hydrogen (secondary N) is 1. The van der Waals surface area contributed by atoms with E-state index in [1.54, 1.807) is 31.2 Å². The molecule has 1 amide bonds. The van der Waals surface area contributed by atoms with E-state index < -0.39 is 45.1 Å². The maximum absolute atomic E-state index is 15.0. The zero-order valence-electron chi connectivity index (χ0n) is 21.9. The summed E-state index contributed by atoms with van der Waals surface area (Å²) in [7, 11) is -4.40. The minimum Gasteiger partial charge on any atom is -0.493 e. The first-order chi connectivity index (χ1) is 19.6. The Kier molecular flexibility index (Phi) is 9.57. The SMILES string of the molecule is CC(c1ccccc1OCCCNC(=O)c1cccc(F)c1)N(c1cc(F)ccc1F)S(=O)(=O)c1ccc(Cl)cc1. The molecule has 0 fully saturated rings. The topological polar surface area (TPSA) is 75.7 Å². The van der Waals surface area contributed by atoms with Gasteiger partial charge in [0.1, 0.15) is 23.2 Å². The summed E-state index contributed by atoms with van der Waals surface area (Å²) >= 11 is 5.94. The molecule has 4 aromatic carbocycles. The van der Waals surface area contributed by atoms with E-state index in [2.05, 4.69) is 5.32 Å². The van der Waals surface area contributed by atoms with E-state index in [9.17, 15) is 22.0 Å². The Morgan fingerprint density at radius 1 is 0.927 bits per heavy atom. The van der Waals surface area contributed by atoms with Crippen molar-refractivity contribution in [3.8, 4) is 5.75 Å². The van der Waals surface area contributed by atoms with E-state index in [-0.39, 0.29) is 23.6 Å². The zero-order chi connectivity index (χ0) is 29.6. The Labute approximate surface area is 241 Å². The van der Waals surface area contributed by atoms with Gasteiger partial charge in [-0.1, -0.05) is 35.9 Å². The lowest BCUT2D eigenvalue weighted by molar-refractivity contribution is 0.0951. The van der Waals surface area contributed by atoms with Crippen LogP contribution in [0.4, 0.5) is 18.9 Å². The van der Waals surface area contributed by atoms with Crippen LogP contribution in [-0.2, 0) is 10.0 Å². The molecule has 1 N–H and O–H groups in total. The molecule has 0 saturated heterocycles. The van der Waals surface area contributed by atoms with Crippen molar-refractivity contribution in [2.24, 2.45) is 0 Å². The van der Waals surface area contributed by atoms with E-state index in [0.29, 0.717) is 22.8 Å². The van der Waals surface area contributed by atoms with Crippen LogP contribution in [0.5, 0.6) is 5.75 Å². The van der Waals surface area contributed by atoms with Crippen LogP contribution in [0, 0.1) is 17.5 Å². The van der Waals surface area contributed by atoms with E-state index in [1.165, 1.54) is 42.5 Å². The standard InChI is InChI=1S/C30H26ClF3N2O4S/c1-20(36(28-19-24(33)12-15-27(28)34)41(38,39)25-13-10-22(31)11-14-25)26-8-2-3-9-29(26)40-17-5-16-35-30(37)21-6-4-7-23(32)18-21/h2-4,6-15,18-20H,5,16-17H2,1H3,(H,35,37). The largest absolute Gasteiger partial charge is 0.493 e. The van der Waals surface area contributed by atoms with Crippen molar-refractivity contribution in [1.82, 2.24) is 5.32 Å². The molecule has 6 nitrogen and oxygen atoms in total. The van der Waals surface area contributed by atoms with Crippen molar-refractivity contribution in [2.45, 2.75) is 24.3 Å². The van der Waals surface area contributed by atoms with Crippen molar-refractivity contribution in [3.05, 3.63) is 125 Å². The van der Waals surface area contributed by atoms with Gasteiger partial charge in [0, 0.05) is 28.8 Å². The highest BCUT2D eigenvalue weighted by molar-refractivity contribution is 7.92. The molecule has 1 atom stereocenters. The number of anilines is 1. The number of nitrogens with zero attached hydrogens (tertiary/aromatic N) is 1. The number of carbonyl (C=O) groups is 1. The molecule has 214 valence electrons. The van der Waals surface area contributed by atoms with Crippen LogP contribution < -0.4 is 14.4 Å². The molecule has 0 aliphatic carbocycles. The number of carbonyl (C=O) groups excluding carboxylic acids is 1. The number of rotatable bonds is 11. The van der Waals surface area contributed by atoms with Crippen molar-refractivity contribution < 1.29 is 31.1 Å². The Hall–Kier alpha value is -4.02. The molecule has 0 aromatic heterocycles. The second-order valence-electron chi connectivity index (χ2n) is 9.03. The van der Waals surface area contributed by atoms with E-state index >= 15 is 4.39 Å². The number of hydrogen-bond donors (Lipinski definition) is 1. The highest BCUT2D eigenvalue weighted by atomic mass is 35.5. The van der Waals surface area contributed by atoms with E-state index in [1.807, 2.05) is 0 Å². The van der Waals surface area contributed by atoms with Gasteiger partial charge in [-0.25, -0.2) is 21.6 Å². The van der Waals surface area contributed by atoms with Gasteiger partial charge in [-0.3, -0.25) is 9.10 Å². The summed E-state index contributed by atoms with van der Waals surface area (Å²) in [6, 6.07) is 18.9. The van der Waals surface area contributed by atoms with Crippen LogP contribution in [0.3, 0.4) is 0 Å². The number of benzene rings is 4.